The summed E-state index contributed by atoms with van der Waals surface area (Å²) >= 11 is 4.18. The first-order valence-corrected chi connectivity index (χ1v) is 11.5. The van der Waals surface area contributed by atoms with Crippen molar-refractivity contribution < 1.29 is 28.7 Å². The lowest BCUT2D eigenvalue weighted by molar-refractivity contribution is -0.143. The van der Waals surface area contributed by atoms with Gasteiger partial charge in [0, 0.05) is 13.1 Å². The van der Waals surface area contributed by atoms with E-state index >= 15 is 0 Å². The lowest BCUT2D eigenvalue weighted by Crippen LogP contribution is -2.42. The van der Waals surface area contributed by atoms with Gasteiger partial charge in [0.25, 0.3) is 11.1 Å². The van der Waals surface area contributed by atoms with Gasteiger partial charge in [-0.15, -0.1) is 0 Å². The SMILES string of the molecule is COC(=O)COc1ccc(C=C2SC(=O)N(CC(=O)N3CCCCCC3)C2=O)cc1Br. The van der Waals surface area contributed by atoms with Gasteiger partial charge in [-0.1, -0.05) is 18.9 Å². The highest BCUT2D eigenvalue weighted by Crippen LogP contribution is 2.34. The number of hydrogen-bond donors (Lipinski definition) is 0. The predicted molar refractivity (Wildman–Crippen MR) is 119 cm³/mol. The Labute approximate surface area is 193 Å². The van der Waals surface area contributed by atoms with E-state index in [0.29, 0.717) is 28.9 Å². The second-order valence-electron chi connectivity index (χ2n) is 7.12. The summed E-state index contributed by atoms with van der Waals surface area (Å²) in [5, 5.41) is -0.448. The maximum absolute atomic E-state index is 12.7. The second kappa shape index (κ2) is 10.8. The maximum atomic E-state index is 12.7. The third-order valence-corrected chi connectivity index (χ3v) is 6.48. The Bertz CT molecular complexity index is 911. The Morgan fingerprint density at radius 1 is 1.16 bits per heavy atom. The van der Waals surface area contributed by atoms with Gasteiger partial charge in [-0.2, -0.15) is 0 Å². The summed E-state index contributed by atoms with van der Waals surface area (Å²) in [6, 6.07) is 5.06. The highest BCUT2D eigenvalue weighted by molar-refractivity contribution is 9.10. The minimum atomic E-state index is -0.501. The van der Waals surface area contributed by atoms with Gasteiger partial charge in [-0.25, -0.2) is 4.79 Å². The number of hydrogen-bond acceptors (Lipinski definition) is 7. The van der Waals surface area contributed by atoms with Gasteiger partial charge in [0.1, 0.15) is 12.3 Å². The Morgan fingerprint density at radius 3 is 2.52 bits per heavy atom. The molecule has 0 aromatic heterocycles. The van der Waals surface area contributed by atoms with Crippen molar-refractivity contribution >= 4 is 56.8 Å². The number of esters is 1. The molecule has 0 unspecified atom stereocenters. The molecule has 1 aromatic carbocycles. The largest absolute Gasteiger partial charge is 0.481 e. The standard InChI is InChI=1S/C21H23BrN2O6S/c1-29-19(26)13-30-16-7-6-14(10-15(16)22)11-17-20(27)24(21(28)31-17)12-18(25)23-8-4-2-3-5-9-23/h6-7,10-11H,2-5,8-9,12-13H2,1H3. The van der Waals surface area contributed by atoms with Crippen LogP contribution in [0.4, 0.5) is 4.79 Å². The molecule has 31 heavy (non-hydrogen) atoms. The first kappa shape index (κ1) is 23.3. The predicted octanol–water partition coefficient (Wildman–Crippen LogP) is 3.44. The number of carbonyl (C=O) groups is 4. The van der Waals surface area contributed by atoms with Crippen LogP contribution in [0.15, 0.2) is 27.6 Å². The summed E-state index contributed by atoms with van der Waals surface area (Å²) in [6.07, 6.45) is 5.67. The molecule has 166 valence electrons. The van der Waals surface area contributed by atoms with Crippen LogP contribution in [-0.4, -0.2) is 66.2 Å². The van der Waals surface area contributed by atoms with Crippen LogP contribution in [0.1, 0.15) is 31.2 Å². The van der Waals surface area contributed by atoms with E-state index in [4.69, 9.17) is 4.74 Å². The smallest absolute Gasteiger partial charge is 0.343 e. The fourth-order valence-corrected chi connectivity index (χ4v) is 4.61. The zero-order chi connectivity index (χ0) is 22.4. The molecule has 2 aliphatic rings. The summed E-state index contributed by atoms with van der Waals surface area (Å²) in [5.41, 5.74) is 0.668. The van der Waals surface area contributed by atoms with Crippen molar-refractivity contribution in [2.75, 3.05) is 33.4 Å². The lowest BCUT2D eigenvalue weighted by atomic mass is 10.2. The molecule has 0 spiro atoms. The monoisotopic (exact) mass is 510 g/mol. The van der Waals surface area contributed by atoms with Gasteiger partial charge in [0.2, 0.25) is 5.91 Å². The molecule has 10 heteroatoms. The molecule has 2 aliphatic heterocycles. The Hall–Kier alpha value is -2.33. The summed E-state index contributed by atoms with van der Waals surface area (Å²) in [7, 11) is 1.28. The first-order valence-electron chi connectivity index (χ1n) is 9.91. The molecule has 0 radical (unpaired) electrons. The zero-order valence-corrected chi connectivity index (χ0v) is 19.5. The topological polar surface area (TPSA) is 93.2 Å². The van der Waals surface area contributed by atoms with Crippen LogP contribution >= 0.6 is 27.7 Å². The third kappa shape index (κ3) is 6.10. The van der Waals surface area contributed by atoms with E-state index in [1.165, 1.54) is 7.11 Å². The lowest BCUT2D eigenvalue weighted by Gasteiger charge is -2.22. The fourth-order valence-electron chi connectivity index (χ4n) is 3.26. The van der Waals surface area contributed by atoms with E-state index in [1.54, 1.807) is 29.2 Å². The van der Waals surface area contributed by atoms with Crippen molar-refractivity contribution in [3.8, 4) is 5.75 Å². The highest BCUT2D eigenvalue weighted by Gasteiger charge is 2.37. The minimum absolute atomic E-state index is 0.194. The molecular formula is C21H23BrN2O6S. The number of likely N-dealkylation sites (tertiary alicyclic amines) is 1. The number of nitrogens with zero attached hydrogens (tertiary/aromatic N) is 2. The van der Waals surface area contributed by atoms with E-state index in [2.05, 4.69) is 20.7 Å². The minimum Gasteiger partial charge on any atom is -0.481 e. The fraction of sp³-hybridized carbons (Fsp3) is 0.429. The number of benzene rings is 1. The van der Waals surface area contributed by atoms with Crippen molar-refractivity contribution in [3.63, 3.8) is 0 Å². The number of halogens is 1. The molecule has 0 aliphatic carbocycles. The molecule has 0 N–H and O–H groups in total. The van der Waals surface area contributed by atoms with Gasteiger partial charge in [-0.05, 0) is 64.3 Å². The normalized spacial score (nSPS) is 18.3. The Morgan fingerprint density at radius 2 is 1.87 bits per heavy atom. The van der Waals surface area contributed by atoms with Crippen LogP contribution in [0.2, 0.25) is 0 Å². The summed E-state index contributed by atoms with van der Waals surface area (Å²) in [5.74, 6) is -0.723. The van der Waals surface area contributed by atoms with Crippen molar-refractivity contribution in [3.05, 3.63) is 33.1 Å². The van der Waals surface area contributed by atoms with Crippen molar-refractivity contribution in [1.82, 2.24) is 9.80 Å². The number of rotatable bonds is 6. The molecule has 2 fully saturated rings. The first-order chi connectivity index (χ1) is 14.9. The molecule has 0 saturated carbocycles. The molecule has 2 heterocycles. The average molecular weight is 511 g/mol. The zero-order valence-electron chi connectivity index (χ0n) is 17.1. The number of amides is 3. The molecule has 8 nitrogen and oxygen atoms in total. The van der Waals surface area contributed by atoms with Crippen molar-refractivity contribution in [1.29, 1.82) is 0 Å². The molecule has 3 amide bonds. The van der Waals surface area contributed by atoms with E-state index < -0.39 is 17.1 Å². The molecule has 0 bridgehead atoms. The second-order valence-corrected chi connectivity index (χ2v) is 8.97. The Kier molecular flexibility index (Phi) is 8.14. The highest BCUT2D eigenvalue weighted by atomic mass is 79.9. The van der Waals surface area contributed by atoms with Crippen LogP contribution in [0, 0.1) is 0 Å². The summed E-state index contributed by atoms with van der Waals surface area (Å²) in [6.45, 7) is 0.886. The van der Waals surface area contributed by atoms with Crippen LogP contribution < -0.4 is 4.74 Å². The number of thioether (sulfide) groups is 1. The molecule has 3 rings (SSSR count). The van der Waals surface area contributed by atoms with Crippen LogP contribution in [0.25, 0.3) is 6.08 Å². The Balaban J connectivity index is 1.66. The number of ether oxygens (including phenoxy) is 2. The number of imide groups is 1. The van der Waals surface area contributed by atoms with Crippen LogP contribution in [0.5, 0.6) is 5.75 Å². The molecule has 1 aromatic rings. The van der Waals surface area contributed by atoms with E-state index in [-0.39, 0.29) is 24.0 Å². The maximum Gasteiger partial charge on any atom is 0.343 e. The van der Waals surface area contributed by atoms with Gasteiger partial charge in [-0.3, -0.25) is 19.3 Å². The van der Waals surface area contributed by atoms with Gasteiger partial charge in [0.15, 0.2) is 6.61 Å². The van der Waals surface area contributed by atoms with Gasteiger partial charge >= 0.3 is 5.97 Å². The average Bonchev–Trinajstić information content (AvgIpc) is 2.95. The molecule has 2 saturated heterocycles. The van der Waals surface area contributed by atoms with Crippen molar-refractivity contribution in [2.24, 2.45) is 0 Å². The molecule has 0 atom stereocenters. The van der Waals surface area contributed by atoms with E-state index in [9.17, 15) is 19.2 Å². The number of methoxy groups -OCH3 is 1. The van der Waals surface area contributed by atoms with Gasteiger partial charge in [0.05, 0.1) is 16.5 Å². The summed E-state index contributed by atoms with van der Waals surface area (Å²) < 4.78 is 10.5. The van der Waals surface area contributed by atoms with E-state index in [0.717, 1.165) is 42.3 Å². The molecular weight excluding hydrogens is 488 g/mol. The van der Waals surface area contributed by atoms with Gasteiger partial charge < -0.3 is 14.4 Å². The quantitative estimate of drug-likeness (QED) is 0.427. The van der Waals surface area contributed by atoms with Crippen LogP contribution in [-0.2, 0) is 19.1 Å². The van der Waals surface area contributed by atoms with Crippen molar-refractivity contribution in [2.45, 2.75) is 25.7 Å². The van der Waals surface area contributed by atoms with Crippen LogP contribution in [0.3, 0.4) is 0 Å². The van der Waals surface area contributed by atoms with E-state index in [1.807, 2.05) is 0 Å². The number of carbonyl (C=O) groups excluding carboxylic acids is 4. The summed E-state index contributed by atoms with van der Waals surface area (Å²) in [4.78, 5) is 51.9. The third-order valence-electron chi connectivity index (χ3n) is 4.95.